The molecule has 1 aliphatic rings. The summed E-state index contributed by atoms with van der Waals surface area (Å²) in [6, 6.07) is 8.90. The number of fused-ring (bicyclic) bond motifs is 1. The second kappa shape index (κ2) is 7.94. The number of aryl methyl sites for hydroxylation is 1. The molecule has 0 spiro atoms. The highest BCUT2D eigenvalue weighted by molar-refractivity contribution is 7.85. The van der Waals surface area contributed by atoms with Crippen molar-refractivity contribution in [3.63, 3.8) is 0 Å². The highest BCUT2D eigenvalue weighted by atomic mass is 32.2. The monoisotopic (exact) mass is 293 g/mol. The van der Waals surface area contributed by atoms with Crippen molar-refractivity contribution in [2.24, 2.45) is 0 Å². The van der Waals surface area contributed by atoms with Gasteiger partial charge in [0, 0.05) is 22.6 Å². The third-order valence-electron chi connectivity index (χ3n) is 4.29. The number of rotatable bonds is 6. The van der Waals surface area contributed by atoms with Crippen LogP contribution in [0.25, 0.3) is 0 Å². The van der Waals surface area contributed by atoms with Gasteiger partial charge in [0.15, 0.2) is 0 Å². The molecule has 1 aliphatic carbocycles. The Labute approximate surface area is 125 Å². The number of hydrogen-bond donors (Lipinski definition) is 1. The van der Waals surface area contributed by atoms with Crippen LogP contribution in [0, 0.1) is 0 Å². The summed E-state index contributed by atoms with van der Waals surface area (Å²) in [7, 11) is 1.28. The molecule has 1 N–H and O–H groups in total. The van der Waals surface area contributed by atoms with Gasteiger partial charge in [-0.3, -0.25) is 4.21 Å². The zero-order valence-electron chi connectivity index (χ0n) is 12.7. The van der Waals surface area contributed by atoms with Gasteiger partial charge in [-0.1, -0.05) is 44.0 Å². The summed E-state index contributed by atoms with van der Waals surface area (Å²) in [5, 5.41) is 3.69. The van der Waals surface area contributed by atoms with Crippen LogP contribution in [0.3, 0.4) is 0 Å². The second-order valence-corrected chi connectivity index (χ2v) is 7.46. The van der Waals surface area contributed by atoms with Crippen LogP contribution < -0.4 is 5.32 Å². The molecule has 0 fully saturated rings. The van der Waals surface area contributed by atoms with Crippen molar-refractivity contribution in [3.8, 4) is 0 Å². The lowest BCUT2D eigenvalue weighted by Crippen LogP contribution is -2.33. The van der Waals surface area contributed by atoms with Gasteiger partial charge in [0.05, 0.1) is 5.25 Å². The van der Waals surface area contributed by atoms with Gasteiger partial charge in [-0.15, -0.1) is 0 Å². The van der Waals surface area contributed by atoms with Crippen LogP contribution in [-0.2, 0) is 17.2 Å². The van der Waals surface area contributed by atoms with Crippen LogP contribution in [0.4, 0.5) is 0 Å². The van der Waals surface area contributed by atoms with E-state index in [9.17, 15) is 4.21 Å². The molecule has 0 aromatic heterocycles. The number of unbranched alkanes of at least 4 members (excludes halogenated alkanes) is 2. The van der Waals surface area contributed by atoms with Gasteiger partial charge >= 0.3 is 0 Å². The van der Waals surface area contributed by atoms with Crippen LogP contribution in [0.15, 0.2) is 24.3 Å². The average molecular weight is 293 g/mol. The van der Waals surface area contributed by atoms with Gasteiger partial charge in [-0.2, -0.15) is 0 Å². The number of benzene rings is 1. The van der Waals surface area contributed by atoms with Crippen molar-refractivity contribution in [2.75, 3.05) is 12.8 Å². The molecule has 3 atom stereocenters. The summed E-state index contributed by atoms with van der Waals surface area (Å²) in [5.74, 6) is 0.860. The van der Waals surface area contributed by atoms with E-state index in [-0.39, 0.29) is 11.3 Å². The zero-order chi connectivity index (χ0) is 14.4. The van der Waals surface area contributed by atoms with Gasteiger partial charge in [-0.25, -0.2) is 0 Å². The lowest BCUT2D eigenvalue weighted by Gasteiger charge is -2.26. The lowest BCUT2D eigenvalue weighted by molar-refractivity contribution is 0.530. The minimum atomic E-state index is -0.719. The predicted molar refractivity (Wildman–Crippen MR) is 87.5 cm³/mol. The average Bonchev–Trinajstić information content (AvgIpc) is 2.66. The van der Waals surface area contributed by atoms with Crippen LogP contribution in [0.2, 0.25) is 0 Å². The third kappa shape index (κ3) is 3.70. The van der Waals surface area contributed by atoms with E-state index in [2.05, 4.69) is 36.5 Å². The highest BCUT2D eigenvalue weighted by Crippen LogP contribution is 2.31. The van der Waals surface area contributed by atoms with Gasteiger partial charge < -0.3 is 5.32 Å². The van der Waals surface area contributed by atoms with Crippen LogP contribution >= 0.6 is 0 Å². The maximum absolute atomic E-state index is 12.7. The van der Waals surface area contributed by atoms with Crippen LogP contribution in [0.5, 0.6) is 0 Å². The smallest absolute Gasteiger partial charge is 0.0543 e. The molecule has 2 nitrogen and oxygen atoms in total. The van der Waals surface area contributed by atoms with E-state index in [1.165, 1.54) is 24.0 Å². The largest absolute Gasteiger partial charge is 0.312 e. The molecule has 1 aromatic carbocycles. The van der Waals surface area contributed by atoms with E-state index in [1.54, 1.807) is 0 Å². The van der Waals surface area contributed by atoms with Crippen molar-refractivity contribution < 1.29 is 4.21 Å². The topological polar surface area (TPSA) is 29.1 Å². The molecule has 0 saturated heterocycles. The Hall–Kier alpha value is -0.670. The van der Waals surface area contributed by atoms with Crippen molar-refractivity contribution in [3.05, 3.63) is 35.4 Å². The van der Waals surface area contributed by atoms with Crippen molar-refractivity contribution >= 4 is 10.8 Å². The standard InChI is InChI=1S/C17H27NOS/c1-3-4-7-13-20(19)16-12-8-10-14-9-5-6-11-15(14)17(16)18-2/h5-6,9,11,16-18H,3-4,7-8,10,12-13H2,1-2H3. The van der Waals surface area contributed by atoms with Crippen molar-refractivity contribution in [1.29, 1.82) is 0 Å². The summed E-state index contributed by atoms with van der Waals surface area (Å²) in [6.07, 6.45) is 6.83. The minimum absolute atomic E-state index is 0.246. The summed E-state index contributed by atoms with van der Waals surface area (Å²) in [4.78, 5) is 0. The van der Waals surface area contributed by atoms with E-state index in [0.717, 1.165) is 31.4 Å². The Kier molecular flexibility index (Phi) is 6.24. The van der Waals surface area contributed by atoms with E-state index < -0.39 is 10.8 Å². The fraction of sp³-hybridized carbons (Fsp3) is 0.647. The Morgan fingerprint density at radius 1 is 1.30 bits per heavy atom. The van der Waals surface area contributed by atoms with Crippen LogP contribution in [0.1, 0.15) is 56.2 Å². The zero-order valence-corrected chi connectivity index (χ0v) is 13.5. The van der Waals surface area contributed by atoms with E-state index in [1.807, 2.05) is 7.05 Å². The van der Waals surface area contributed by atoms with E-state index in [0.29, 0.717) is 0 Å². The molecule has 0 radical (unpaired) electrons. The Bertz CT molecular complexity index is 446. The molecule has 3 heteroatoms. The SMILES string of the molecule is CCCCCS(=O)C1CCCc2ccccc2C1NC. The first kappa shape index (κ1) is 15.7. The molecule has 0 bridgehead atoms. The summed E-state index contributed by atoms with van der Waals surface area (Å²) >= 11 is 0. The Morgan fingerprint density at radius 2 is 2.10 bits per heavy atom. The molecule has 2 rings (SSSR count). The summed E-state index contributed by atoms with van der Waals surface area (Å²) < 4.78 is 12.7. The van der Waals surface area contributed by atoms with E-state index >= 15 is 0 Å². The lowest BCUT2D eigenvalue weighted by atomic mass is 9.99. The van der Waals surface area contributed by atoms with E-state index in [4.69, 9.17) is 0 Å². The van der Waals surface area contributed by atoms with Crippen LogP contribution in [-0.4, -0.2) is 22.3 Å². The molecule has 112 valence electrons. The molecular weight excluding hydrogens is 266 g/mol. The first-order valence-electron chi connectivity index (χ1n) is 7.90. The molecule has 0 aliphatic heterocycles. The predicted octanol–water partition coefficient (Wildman–Crippen LogP) is 3.59. The van der Waals surface area contributed by atoms with Gasteiger partial charge in [0.25, 0.3) is 0 Å². The number of hydrogen-bond acceptors (Lipinski definition) is 2. The molecule has 20 heavy (non-hydrogen) atoms. The normalized spacial score (nSPS) is 23.9. The molecule has 0 saturated carbocycles. The van der Waals surface area contributed by atoms with Crippen molar-refractivity contribution in [2.45, 2.75) is 56.7 Å². The molecular formula is C17H27NOS. The maximum Gasteiger partial charge on any atom is 0.0543 e. The fourth-order valence-corrected chi connectivity index (χ4v) is 5.00. The first-order chi connectivity index (χ1) is 9.77. The van der Waals surface area contributed by atoms with Crippen molar-refractivity contribution in [1.82, 2.24) is 5.32 Å². The molecule has 0 amide bonds. The Balaban J connectivity index is 2.15. The maximum atomic E-state index is 12.7. The second-order valence-electron chi connectivity index (χ2n) is 5.69. The number of nitrogens with one attached hydrogen (secondary N) is 1. The summed E-state index contributed by atoms with van der Waals surface area (Å²) in [5.41, 5.74) is 2.79. The van der Waals surface area contributed by atoms with Gasteiger partial charge in [0.1, 0.15) is 0 Å². The summed E-state index contributed by atoms with van der Waals surface area (Å²) in [6.45, 7) is 2.20. The highest BCUT2D eigenvalue weighted by Gasteiger charge is 2.30. The van der Waals surface area contributed by atoms with Gasteiger partial charge in [0.2, 0.25) is 0 Å². The minimum Gasteiger partial charge on any atom is -0.312 e. The fourth-order valence-electron chi connectivity index (χ4n) is 3.20. The molecule has 3 unspecified atom stereocenters. The van der Waals surface area contributed by atoms with Gasteiger partial charge in [-0.05, 0) is 43.9 Å². The molecule has 0 heterocycles. The third-order valence-corrected chi connectivity index (χ3v) is 6.17. The quantitative estimate of drug-likeness (QED) is 0.641. The molecule has 1 aromatic rings. The first-order valence-corrected chi connectivity index (χ1v) is 9.28. The Morgan fingerprint density at radius 3 is 2.85 bits per heavy atom.